The monoisotopic (exact) mass is 526 g/mol. The average Bonchev–Trinajstić information content (AvgIpc) is 2.93. The highest BCUT2D eigenvalue weighted by Crippen LogP contribution is 2.37. The zero-order valence-electron chi connectivity index (χ0n) is 23.7. The molecule has 0 spiro atoms. The van der Waals surface area contributed by atoms with Gasteiger partial charge in [-0.2, -0.15) is 0 Å². The lowest BCUT2D eigenvalue weighted by molar-refractivity contribution is 0.256. The van der Waals surface area contributed by atoms with Gasteiger partial charge < -0.3 is 15.0 Å². The number of nitrogens with zero attached hydrogens (tertiary/aromatic N) is 2. The van der Waals surface area contributed by atoms with Crippen molar-refractivity contribution in [3.8, 4) is 16.9 Å². The lowest BCUT2D eigenvalue weighted by Gasteiger charge is -2.27. The van der Waals surface area contributed by atoms with E-state index in [1.807, 2.05) is 42.5 Å². The summed E-state index contributed by atoms with van der Waals surface area (Å²) in [4.78, 5) is 36.8. The summed E-state index contributed by atoms with van der Waals surface area (Å²) in [7, 11) is 1.62. The minimum absolute atomic E-state index is 0.216. The summed E-state index contributed by atoms with van der Waals surface area (Å²) in [6, 6.07) is 17.1. The van der Waals surface area contributed by atoms with Crippen LogP contribution < -0.4 is 20.5 Å². The second-order valence-electron chi connectivity index (χ2n) is 10.4. The number of unbranched alkanes of at least 4 members (excludes halogenated alkanes) is 1. The molecule has 2 aromatic carbocycles. The number of H-pyrrole nitrogens is 1. The molecule has 0 atom stereocenters. The number of aromatic nitrogens is 2. The van der Waals surface area contributed by atoms with Crippen molar-refractivity contribution in [2.45, 2.75) is 59.3 Å². The second-order valence-corrected chi connectivity index (χ2v) is 10.4. The van der Waals surface area contributed by atoms with E-state index in [4.69, 9.17) is 4.74 Å². The van der Waals surface area contributed by atoms with Gasteiger partial charge >= 0.3 is 6.03 Å². The largest absolute Gasteiger partial charge is 0.497 e. The van der Waals surface area contributed by atoms with Gasteiger partial charge in [-0.05, 0) is 59.2 Å². The summed E-state index contributed by atoms with van der Waals surface area (Å²) in [6.07, 6.45) is 3.25. The predicted molar refractivity (Wildman–Crippen MR) is 160 cm³/mol. The van der Waals surface area contributed by atoms with Crippen LogP contribution in [0, 0.1) is 0 Å². The van der Waals surface area contributed by atoms with Gasteiger partial charge in [0.1, 0.15) is 17.1 Å². The molecule has 2 heterocycles. The third-order valence-corrected chi connectivity index (χ3v) is 6.99. The SMILES string of the molecule is CCCCN(C(=O)Nc1c(C(C)C)cccc1C(C)C)c1c(-c2ccc(OC)cc2)c2cccnc2[nH]c1=O. The molecule has 0 unspecified atom stereocenters. The predicted octanol–water partition coefficient (Wildman–Crippen LogP) is 7.68. The molecule has 0 radical (unpaired) electrons. The number of hydrogen-bond donors (Lipinski definition) is 2. The maximum Gasteiger partial charge on any atom is 0.326 e. The molecule has 7 nitrogen and oxygen atoms in total. The lowest BCUT2D eigenvalue weighted by atomic mass is 9.92. The molecule has 4 aromatic rings. The fourth-order valence-corrected chi connectivity index (χ4v) is 4.92. The number of aromatic amines is 1. The van der Waals surface area contributed by atoms with Crippen LogP contribution in [0.25, 0.3) is 22.2 Å². The number of anilines is 2. The first kappa shape index (κ1) is 27.9. The van der Waals surface area contributed by atoms with Gasteiger partial charge in [0.25, 0.3) is 5.56 Å². The van der Waals surface area contributed by atoms with Crippen molar-refractivity contribution in [1.29, 1.82) is 0 Å². The highest BCUT2D eigenvalue weighted by Gasteiger charge is 2.27. The first-order valence-corrected chi connectivity index (χ1v) is 13.6. The van der Waals surface area contributed by atoms with E-state index in [1.54, 1.807) is 18.2 Å². The van der Waals surface area contributed by atoms with Crippen LogP contribution in [0.5, 0.6) is 5.75 Å². The Labute approximate surface area is 230 Å². The third-order valence-electron chi connectivity index (χ3n) is 6.99. The lowest BCUT2D eigenvalue weighted by Crippen LogP contribution is -2.40. The summed E-state index contributed by atoms with van der Waals surface area (Å²) in [5.74, 6) is 1.14. The molecule has 0 saturated heterocycles. The normalized spacial score (nSPS) is 11.3. The van der Waals surface area contributed by atoms with E-state index in [2.05, 4.69) is 62.0 Å². The van der Waals surface area contributed by atoms with Crippen molar-refractivity contribution >= 4 is 28.4 Å². The average molecular weight is 527 g/mol. The summed E-state index contributed by atoms with van der Waals surface area (Å²) in [5, 5.41) is 3.98. The number of pyridine rings is 2. The molecule has 4 rings (SSSR count). The van der Waals surface area contributed by atoms with Crippen molar-refractivity contribution in [3.63, 3.8) is 0 Å². The molecule has 2 amide bonds. The molecular weight excluding hydrogens is 488 g/mol. The van der Waals surface area contributed by atoms with Crippen LogP contribution >= 0.6 is 0 Å². The number of methoxy groups -OCH3 is 1. The van der Waals surface area contributed by atoms with E-state index < -0.39 is 0 Å². The molecule has 0 fully saturated rings. The molecule has 0 aliphatic rings. The zero-order valence-corrected chi connectivity index (χ0v) is 23.7. The van der Waals surface area contributed by atoms with Gasteiger partial charge in [0.15, 0.2) is 0 Å². The summed E-state index contributed by atoms with van der Waals surface area (Å²) in [6.45, 7) is 10.9. The Kier molecular flexibility index (Phi) is 8.69. The second kappa shape index (κ2) is 12.2. The van der Waals surface area contributed by atoms with E-state index >= 15 is 0 Å². The maximum atomic E-state index is 14.2. The fourth-order valence-electron chi connectivity index (χ4n) is 4.92. The summed E-state index contributed by atoms with van der Waals surface area (Å²) < 4.78 is 5.36. The minimum Gasteiger partial charge on any atom is -0.497 e. The quantitative estimate of drug-likeness (QED) is 0.234. The van der Waals surface area contributed by atoms with Gasteiger partial charge in [0.05, 0.1) is 7.11 Å². The highest BCUT2D eigenvalue weighted by atomic mass is 16.5. The number of carbonyl (C=O) groups is 1. The number of hydrogen-bond acceptors (Lipinski definition) is 4. The van der Waals surface area contributed by atoms with E-state index in [1.165, 1.54) is 0 Å². The van der Waals surface area contributed by atoms with Crippen LogP contribution in [-0.2, 0) is 0 Å². The van der Waals surface area contributed by atoms with Gasteiger partial charge in [0, 0.05) is 29.4 Å². The van der Waals surface area contributed by atoms with Gasteiger partial charge in [-0.25, -0.2) is 9.78 Å². The maximum absolute atomic E-state index is 14.2. The first-order chi connectivity index (χ1) is 18.8. The Hall–Kier alpha value is -4.13. The van der Waals surface area contributed by atoms with Gasteiger partial charge in [-0.15, -0.1) is 0 Å². The zero-order chi connectivity index (χ0) is 28.1. The Morgan fingerprint density at radius 1 is 1.00 bits per heavy atom. The van der Waals surface area contributed by atoms with Crippen LogP contribution in [-0.4, -0.2) is 29.7 Å². The first-order valence-electron chi connectivity index (χ1n) is 13.6. The molecule has 0 aliphatic heterocycles. The van der Waals surface area contributed by atoms with Crippen LogP contribution in [0.3, 0.4) is 0 Å². The highest BCUT2D eigenvalue weighted by molar-refractivity contribution is 6.09. The van der Waals surface area contributed by atoms with Crippen LogP contribution in [0.1, 0.15) is 70.4 Å². The number of ether oxygens (including phenoxy) is 1. The molecule has 7 heteroatoms. The van der Waals surface area contributed by atoms with E-state index in [-0.39, 0.29) is 23.4 Å². The molecule has 204 valence electrons. The number of benzene rings is 2. The number of carbonyl (C=O) groups excluding carboxylic acids is 1. The Bertz CT molecular complexity index is 1480. The van der Waals surface area contributed by atoms with Gasteiger partial charge in [-0.1, -0.05) is 71.4 Å². The van der Waals surface area contributed by atoms with Crippen molar-refractivity contribution in [2.24, 2.45) is 0 Å². The molecule has 2 N–H and O–H groups in total. The molecular formula is C32H38N4O3. The summed E-state index contributed by atoms with van der Waals surface area (Å²) in [5.41, 5.74) is 4.83. The van der Waals surface area contributed by atoms with Crippen molar-refractivity contribution < 1.29 is 9.53 Å². The van der Waals surface area contributed by atoms with Gasteiger partial charge in [-0.3, -0.25) is 9.69 Å². The minimum atomic E-state index is -0.362. The van der Waals surface area contributed by atoms with E-state index in [0.29, 0.717) is 29.2 Å². The molecule has 0 aliphatic carbocycles. The number of rotatable bonds is 9. The molecule has 2 aromatic heterocycles. The molecule has 0 saturated carbocycles. The van der Waals surface area contributed by atoms with Crippen LogP contribution in [0.15, 0.2) is 65.6 Å². The van der Waals surface area contributed by atoms with E-state index in [9.17, 15) is 9.59 Å². The standard InChI is InChI=1S/C32H38N4O3/c1-7-8-19-36(32(38)34-28-24(20(2)3)11-9-12-25(28)21(4)5)29-27(22-14-16-23(39-6)17-15-22)26-13-10-18-33-30(26)35-31(29)37/h9-18,20-21H,7-8,19H2,1-6H3,(H,34,38)(H,33,35,37). The van der Waals surface area contributed by atoms with Crippen LogP contribution in [0.2, 0.25) is 0 Å². The van der Waals surface area contributed by atoms with Crippen LogP contribution in [0.4, 0.5) is 16.2 Å². The number of nitrogens with one attached hydrogen (secondary N) is 2. The number of urea groups is 1. The Morgan fingerprint density at radius 2 is 1.67 bits per heavy atom. The third kappa shape index (κ3) is 5.82. The number of amides is 2. The Balaban J connectivity index is 1.92. The summed E-state index contributed by atoms with van der Waals surface area (Å²) >= 11 is 0. The Morgan fingerprint density at radius 3 is 2.26 bits per heavy atom. The number of para-hydroxylation sites is 1. The topological polar surface area (TPSA) is 87.3 Å². The van der Waals surface area contributed by atoms with Crippen molar-refractivity contribution in [3.05, 3.63) is 82.3 Å². The van der Waals surface area contributed by atoms with Crippen molar-refractivity contribution in [2.75, 3.05) is 23.9 Å². The smallest absolute Gasteiger partial charge is 0.326 e. The van der Waals surface area contributed by atoms with Crippen molar-refractivity contribution in [1.82, 2.24) is 9.97 Å². The van der Waals surface area contributed by atoms with Gasteiger partial charge in [0.2, 0.25) is 0 Å². The molecule has 39 heavy (non-hydrogen) atoms. The number of fused-ring (bicyclic) bond motifs is 1. The fraction of sp³-hybridized carbons (Fsp3) is 0.344. The van der Waals surface area contributed by atoms with E-state index in [0.717, 1.165) is 40.6 Å². The molecule has 0 bridgehead atoms.